The summed E-state index contributed by atoms with van der Waals surface area (Å²) < 4.78 is 3.58. The molecule has 2 aromatic rings. The van der Waals surface area contributed by atoms with Crippen molar-refractivity contribution < 1.29 is 0 Å². The molecule has 5 nitrogen and oxygen atoms in total. The van der Waals surface area contributed by atoms with E-state index in [9.17, 15) is 0 Å². The van der Waals surface area contributed by atoms with E-state index < -0.39 is 0 Å². The second-order valence-electron chi connectivity index (χ2n) is 4.31. The van der Waals surface area contributed by atoms with Crippen LogP contribution in [-0.2, 0) is 19.5 Å². The zero-order chi connectivity index (χ0) is 11.8. The molecule has 0 bridgehead atoms. The molecule has 1 atom stereocenters. The summed E-state index contributed by atoms with van der Waals surface area (Å²) in [7, 11) is 3.81. The predicted octanol–water partition coefficient (Wildman–Crippen LogP) is 0.418. The van der Waals surface area contributed by atoms with Crippen LogP contribution >= 0.6 is 0 Å². The summed E-state index contributed by atoms with van der Waals surface area (Å²) in [5.74, 6) is 0. The maximum Gasteiger partial charge on any atom is 0.0741 e. The van der Waals surface area contributed by atoms with E-state index >= 15 is 0 Å². The first kappa shape index (κ1) is 10.9. The predicted molar refractivity (Wildman–Crippen MR) is 61.9 cm³/mol. The minimum absolute atomic E-state index is 0.268. The van der Waals surface area contributed by atoms with Gasteiger partial charge in [-0.05, 0) is 13.0 Å². The number of hydrogen-bond acceptors (Lipinski definition) is 3. The highest BCUT2D eigenvalue weighted by Crippen LogP contribution is 2.28. The SMILES string of the molecule is Cn1cc(C(C)(CN)c2ccn(C)n2)cn1. The molecule has 0 aliphatic carbocycles. The van der Waals surface area contributed by atoms with E-state index in [2.05, 4.69) is 17.1 Å². The van der Waals surface area contributed by atoms with Crippen molar-refractivity contribution in [2.24, 2.45) is 19.8 Å². The van der Waals surface area contributed by atoms with Crippen LogP contribution in [0.1, 0.15) is 18.2 Å². The number of nitrogens with two attached hydrogens (primary N) is 1. The Labute approximate surface area is 94.9 Å². The average Bonchev–Trinajstić information content (AvgIpc) is 2.86. The number of aromatic nitrogens is 4. The van der Waals surface area contributed by atoms with E-state index in [1.54, 1.807) is 9.36 Å². The van der Waals surface area contributed by atoms with Crippen molar-refractivity contribution in [2.75, 3.05) is 6.54 Å². The lowest BCUT2D eigenvalue weighted by Crippen LogP contribution is -2.33. The van der Waals surface area contributed by atoms with Gasteiger partial charge in [0, 0.05) is 38.6 Å². The lowest BCUT2D eigenvalue weighted by Gasteiger charge is -2.24. The Morgan fingerprint density at radius 1 is 1.38 bits per heavy atom. The fraction of sp³-hybridized carbons (Fsp3) is 0.455. The first-order valence-corrected chi connectivity index (χ1v) is 5.25. The van der Waals surface area contributed by atoms with Crippen LogP contribution in [0.3, 0.4) is 0 Å². The van der Waals surface area contributed by atoms with E-state index in [1.165, 1.54) is 0 Å². The lowest BCUT2D eigenvalue weighted by molar-refractivity contribution is 0.550. The summed E-state index contributed by atoms with van der Waals surface area (Å²) >= 11 is 0. The highest BCUT2D eigenvalue weighted by molar-refractivity contribution is 5.31. The number of aryl methyl sites for hydroxylation is 2. The molecule has 2 rings (SSSR count). The van der Waals surface area contributed by atoms with Gasteiger partial charge in [0.15, 0.2) is 0 Å². The molecule has 16 heavy (non-hydrogen) atoms. The van der Waals surface area contributed by atoms with Gasteiger partial charge in [-0.1, -0.05) is 0 Å². The van der Waals surface area contributed by atoms with E-state index in [0.29, 0.717) is 6.54 Å². The monoisotopic (exact) mass is 219 g/mol. The van der Waals surface area contributed by atoms with Gasteiger partial charge in [0.1, 0.15) is 0 Å². The minimum atomic E-state index is -0.268. The third-order valence-electron chi connectivity index (χ3n) is 3.03. The van der Waals surface area contributed by atoms with Gasteiger partial charge in [0.2, 0.25) is 0 Å². The number of nitrogens with zero attached hydrogens (tertiary/aromatic N) is 4. The summed E-state index contributed by atoms with van der Waals surface area (Å²) in [5.41, 5.74) is 7.71. The maximum atomic E-state index is 5.90. The molecule has 0 radical (unpaired) electrons. The Balaban J connectivity index is 2.47. The quantitative estimate of drug-likeness (QED) is 0.813. The fourth-order valence-electron chi connectivity index (χ4n) is 1.79. The van der Waals surface area contributed by atoms with Crippen LogP contribution in [0.2, 0.25) is 0 Å². The Kier molecular flexibility index (Phi) is 2.55. The molecule has 0 saturated heterocycles. The summed E-state index contributed by atoms with van der Waals surface area (Å²) in [6.07, 6.45) is 5.77. The lowest BCUT2D eigenvalue weighted by atomic mass is 9.81. The molecular weight excluding hydrogens is 202 g/mol. The van der Waals surface area contributed by atoms with Crippen LogP contribution in [0.15, 0.2) is 24.7 Å². The Hall–Kier alpha value is -1.62. The second kappa shape index (κ2) is 3.75. The second-order valence-corrected chi connectivity index (χ2v) is 4.31. The van der Waals surface area contributed by atoms with Gasteiger partial charge in [-0.25, -0.2) is 0 Å². The summed E-state index contributed by atoms with van der Waals surface area (Å²) in [5, 5.41) is 8.63. The van der Waals surface area contributed by atoms with E-state index in [0.717, 1.165) is 11.3 Å². The van der Waals surface area contributed by atoms with Crippen LogP contribution in [0.25, 0.3) is 0 Å². The fourth-order valence-corrected chi connectivity index (χ4v) is 1.79. The Morgan fingerprint density at radius 2 is 2.12 bits per heavy atom. The van der Waals surface area contributed by atoms with Crippen molar-refractivity contribution in [2.45, 2.75) is 12.3 Å². The topological polar surface area (TPSA) is 61.7 Å². The van der Waals surface area contributed by atoms with E-state index in [1.807, 2.05) is 38.8 Å². The molecule has 2 aromatic heterocycles. The van der Waals surface area contributed by atoms with Gasteiger partial charge in [-0.15, -0.1) is 0 Å². The summed E-state index contributed by atoms with van der Waals surface area (Å²) in [4.78, 5) is 0. The molecule has 0 amide bonds. The van der Waals surface area contributed by atoms with Gasteiger partial charge >= 0.3 is 0 Å². The van der Waals surface area contributed by atoms with Crippen molar-refractivity contribution in [3.05, 3.63) is 35.9 Å². The molecule has 0 saturated carbocycles. The highest BCUT2D eigenvalue weighted by atomic mass is 15.3. The summed E-state index contributed by atoms with van der Waals surface area (Å²) in [6.45, 7) is 2.60. The standard InChI is InChI=1S/C11H17N5/c1-11(8-12,9-6-13-16(3)7-9)10-4-5-15(2)14-10/h4-7H,8,12H2,1-3H3. The van der Waals surface area contributed by atoms with Crippen molar-refractivity contribution in [3.8, 4) is 0 Å². The van der Waals surface area contributed by atoms with E-state index in [4.69, 9.17) is 5.73 Å². The molecular formula is C11H17N5. The van der Waals surface area contributed by atoms with Crippen LogP contribution in [0, 0.1) is 0 Å². The zero-order valence-electron chi connectivity index (χ0n) is 9.88. The van der Waals surface area contributed by atoms with Gasteiger partial charge in [0.25, 0.3) is 0 Å². The largest absolute Gasteiger partial charge is 0.329 e. The molecule has 1 unspecified atom stereocenters. The number of hydrogen-bond donors (Lipinski definition) is 1. The van der Waals surface area contributed by atoms with Crippen molar-refractivity contribution in [1.82, 2.24) is 19.6 Å². The first-order chi connectivity index (χ1) is 7.56. The Bertz CT molecular complexity index is 442. The van der Waals surface area contributed by atoms with Crippen LogP contribution < -0.4 is 5.73 Å². The molecule has 0 aromatic carbocycles. The molecule has 5 heteroatoms. The average molecular weight is 219 g/mol. The van der Waals surface area contributed by atoms with Gasteiger partial charge in [0.05, 0.1) is 17.3 Å². The third kappa shape index (κ3) is 1.63. The normalized spacial score (nSPS) is 15.0. The van der Waals surface area contributed by atoms with Gasteiger partial charge in [-0.3, -0.25) is 9.36 Å². The van der Waals surface area contributed by atoms with E-state index in [-0.39, 0.29) is 5.41 Å². The molecule has 0 aliphatic heterocycles. The van der Waals surface area contributed by atoms with Gasteiger partial charge < -0.3 is 5.73 Å². The maximum absolute atomic E-state index is 5.90. The molecule has 2 N–H and O–H groups in total. The highest BCUT2D eigenvalue weighted by Gasteiger charge is 2.31. The first-order valence-electron chi connectivity index (χ1n) is 5.25. The molecule has 2 heterocycles. The van der Waals surface area contributed by atoms with Crippen LogP contribution in [0.5, 0.6) is 0 Å². The van der Waals surface area contributed by atoms with Crippen molar-refractivity contribution in [3.63, 3.8) is 0 Å². The van der Waals surface area contributed by atoms with Gasteiger partial charge in [-0.2, -0.15) is 10.2 Å². The zero-order valence-corrected chi connectivity index (χ0v) is 9.88. The smallest absolute Gasteiger partial charge is 0.0741 e. The molecule has 0 spiro atoms. The Morgan fingerprint density at radius 3 is 2.56 bits per heavy atom. The third-order valence-corrected chi connectivity index (χ3v) is 3.03. The summed E-state index contributed by atoms with van der Waals surface area (Å²) in [6, 6.07) is 2.00. The van der Waals surface area contributed by atoms with Crippen LogP contribution in [-0.4, -0.2) is 26.1 Å². The molecule has 0 fully saturated rings. The minimum Gasteiger partial charge on any atom is -0.329 e. The van der Waals surface area contributed by atoms with Crippen LogP contribution in [0.4, 0.5) is 0 Å². The molecule has 0 aliphatic rings. The van der Waals surface area contributed by atoms with Crippen molar-refractivity contribution in [1.29, 1.82) is 0 Å². The van der Waals surface area contributed by atoms with Crippen molar-refractivity contribution >= 4 is 0 Å². The number of rotatable bonds is 3. The molecule has 86 valence electrons.